The van der Waals surface area contributed by atoms with Gasteiger partial charge in [0.05, 0.1) is 12.2 Å². The normalized spacial score (nSPS) is 34.5. The molecule has 1 heterocycles. The quantitative estimate of drug-likeness (QED) is 0.848. The Kier molecular flexibility index (Phi) is 4.24. The third-order valence-electron chi connectivity index (χ3n) is 4.99. The van der Waals surface area contributed by atoms with Crippen LogP contribution in [0.15, 0.2) is 0 Å². The van der Waals surface area contributed by atoms with Crippen LogP contribution < -0.4 is 5.32 Å². The average Bonchev–Trinajstić information content (AvgIpc) is 2.80. The summed E-state index contributed by atoms with van der Waals surface area (Å²) >= 11 is 0. The second-order valence-corrected chi connectivity index (χ2v) is 7.33. The summed E-state index contributed by atoms with van der Waals surface area (Å²) < 4.78 is 0. The van der Waals surface area contributed by atoms with Crippen LogP contribution >= 0.6 is 0 Å². The molecule has 2 aliphatic rings. The first-order chi connectivity index (χ1) is 8.88. The molecule has 0 aromatic heterocycles. The number of carbonyl (C=O) groups excluding carboxylic acids is 1. The maximum absolute atomic E-state index is 12.8. The van der Waals surface area contributed by atoms with E-state index in [1.165, 1.54) is 19.3 Å². The van der Waals surface area contributed by atoms with Crippen molar-refractivity contribution in [3.05, 3.63) is 0 Å². The van der Waals surface area contributed by atoms with Gasteiger partial charge in [-0.05, 0) is 30.6 Å². The molecule has 0 radical (unpaired) electrons. The summed E-state index contributed by atoms with van der Waals surface area (Å²) in [6, 6.07) is 0.445. The minimum Gasteiger partial charge on any atom is -0.322 e. The number of amides is 1. The van der Waals surface area contributed by atoms with E-state index in [1.54, 1.807) is 0 Å². The van der Waals surface area contributed by atoms with Gasteiger partial charge in [0.15, 0.2) is 0 Å². The fourth-order valence-corrected chi connectivity index (χ4v) is 3.84. The third-order valence-corrected chi connectivity index (χ3v) is 4.99. The molecule has 1 saturated carbocycles. The van der Waals surface area contributed by atoms with E-state index in [4.69, 9.17) is 0 Å². The van der Waals surface area contributed by atoms with Gasteiger partial charge in [-0.3, -0.25) is 10.1 Å². The van der Waals surface area contributed by atoms with E-state index < -0.39 is 0 Å². The number of hydrogen-bond donors (Lipinski definition) is 1. The molecule has 3 unspecified atom stereocenters. The zero-order valence-electron chi connectivity index (χ0n) is 13.2. The fraction of sp³-hybridized carbons (Fsp3) is 0.938. The molecule has 0 spiro atoms. The summed E-state index contributed by atoms with van der Waals surface area (Å²) in [6.07, 6.45) is 6.12. The van der Waals surface area contributed by atoms with E-state index in [-0.39, 0.29) is 17.6 Å². The highest BCUT2D eigenvalue weighted by molar-refractivity contribution is 5.85. The topological polar surface area (TPSA) is 32.3 Å². The largest absolute Gasteiger partial charge is 0.322 e. The molecular weight excluding hydrogens is 236 g/mol. The highest BCUT2D eigenvalue weighted by Gasteiger charge is 2.48. The second kappa shape index (κ2) is 5.43. The first-order valence-electron chi connectivity index (χ1n) is 7.96. The molecule has 3 atom stereocenters. The Morgan fingerprint density at radius 3 is 2.58 bits per heavy atom. The Morgan fingerprint density at radius 2 is 2.11 bits per heavy atom. The molecule has 1 amide bonds. The lowest BCUT2D eigenvalue weighted by Gasteiger charge is -2.38. The molecule has 1 aliphatic heterocycles. The lowest BCUT2D eigenvalue weighted by molar-refractivity contribution is -0.135. The fourth-order valence-electron chi connectivity index (χ4n) is 3.84. The Bertz CT molecular complexity index is 338. The summed E-state index contributed by atoms with van der Waals surface area (Å²) in [6.45, 7) is 11.1. The molecule has 0 aromatic rings. The highest BCUT2D eigenvalue weighted by Crippen LogP contribution is 2.43. The maximum atomic E-state index is 12.8. The summed E-state index contributed by atoms with van der Waals surface area (Å²) in [5.74, 6) is 0.717. The van der Waals surface area contributed by atoms with Gasteiger partial charge >= 0.3 is 0 Å². The molecule has 3 heteroatoms. The number of hydrogen-bond acceptors (Lipinski definition) is 2. The highest BCUT2D eigenvalue weighted by atomic mass is 16.2. The monoisotopic (exact) mass is 266 g/mol. The summed E-state index contributed by atoms with van der Waals surface area (Å²) in [7, 11) is 0. The Morgan fingerprint density at radius 1 is 1.42 bits per heavy atom. The van der Waals surface area contributed by atoms with Gasteiger partial charge in [-0.2, -0.15) is 0 Å². The number of nitrogens with zero attached hydrogens (tertiary/aromatic N) is 1. The predicted molar refractivity (Wildman–Crippen MR) is 78.7 cm³/mol. The second-order valence-electron chi connectivity index (χ2n) is 7.33. The number of carbonyl (C=O) groups is 1. The summed E-state index contributed by atoms with van der Waals surface area (Å²) in [5.41, 5.74) is 0.273. The molecule has 3 nitrogen and oxygen atoms in total. The Balaban J connectivity index is 2.22. The van der Waals surface area contributed by atoms with Crippen LogP contribution in [0.3, 0.4) is 0 Å². The van der Waals surface area contributed by atoms with Crippen LogP contribution in [0.5, 0.6) is 0 Å². The van der Waals surface area contributed by atoms with Gasteiger partial charge in [0.25, 0.3) is 0 Å². The van der Waals surface area contributed by atoms with Crippen LogP contribution in [0.4, 0.5) is 0 Å². The van der Waals surface area contributed by atoms with E-state index in [2.05, 4.69) is 44.8 Å². The van der Waals surface area contributed by atoms with Crippen LogP contribution in [0.1, 0.15) is 66.7 Å². The minimum absolute atomic E-state index is 0.0212. The van der Waals surface area contributed by atoms with Crippen molar-refractivity contribution in [2.45, 2.75) is 85.0 Å². The molecule has 0 bridgehead atoms. The molecule has 2 rings (SSSR count). The average molecular weight is 266 g/mol. The van der Waals surface area contributed by atoms with Crippen molar-refractivity contribution in [3.63, 3.8) is 0 Å². The van der Waals surface area contributed by atoms with Crippen LogP contribution in [0.25, 0.3) is 0 Å². The van der Waals surface area contributed by atoms with Gasteiger partial charge in [-0.1, -0.05) is 47.5 Å². The van der Waals surface area contributed by atoms with Gasteiger partial charge in [-0.15, -0.1) is 0 Å². The van der Waals surface area contributed by atoms with Crippen molar-refractivity contribution in [1.82, 2.24) is 10.2 Å². The molecule has 1 aliphatic carbocycles. The Hall–Kier alpha value is -0.570. The van der Waals surface area contributed by atoms with Crippen LogP contribution in [0, 0.1) is 11.3 Å². The van der Waals surface area contributed by atoms with Crippen molar-refractivity contribution in [2.75, 3.05) is 0 Å². The predicted octanol–water partition coefficient (Wildman–Crippen LogP) is 3.15. The summed E-state index contributed by atoms with van der Waals surface area (Å²) in [4.78, 5) is 15.0. The van der Waals surface area contributed by atoms with Crippen molar-refractivity contribution in [2.24, 2.45) is 11.3 Å². The number of rotatable bonds is 4. The van der Waals surface area contributed by atoms with Crippen LogP contribution in [0.2, 0.25) is 0 Å². The molecule has 19 heavy (non-hydrogen) atoms. The first-order valence-corrected chi connectivity index (χ1v) is 7.96. The zero-order valence-corrected chi connectivity index (χ0v) is 13.2. The maximum Gasteiger partial charge on any atom is 0.241 e. The third kappa shape index (κ3) is 2.67. The first kappa shape index (κ1) is 14.8. The van der Waals surface area contributed by atoms with Gasteiger partial charge in [0.1, 0.15) is 0 Å². The van der Waals surface area contributed by atoms with Crippen molar-refractivity contribution < 1.29 is 4.79 Å². The van der Waals surface area contributed by atoms with E-state index in [0.29, 0.717) is 17.9 Å². The van der Waals surface area contributed by atoms with Gasteiger partial charge in [0, 0.05) is 6.04 Å². The van der Waals surface area contributed by atoms with Crippen LogP contribution in [-0.2, 0) is 4.79 Å². The van der Waals surface area contributed by atoms with Crippen LogP contribution in [-0.4, -0.2) is 29.1 Å². The Labute approximate surface area is 118 Å². The van der Waals surface area contributed by atoms with Gasteiger partial charge in [-0.25, -0.2) is 0 Å². The standard InChI is InChI=1S/C16H30N2O/c1-6-8-13-17-14(11(2)3)15(19)18(13)12-9-7-10-16(12,4)5/h11-14,17H,6-10H2,1-5H3. The summed E-state index contributed by atoms with van der Waals surface area (Å²) in [5, 5.41) is 3.58. The zero-order chi connectivity index (χ0) is 14.2. The van der Waals surface area contributed by atoms with E-state index in [0.717, 1.165) is 12.8 Å². The van der Waals surface area contributed by atoms with E-state index in [1.807, 2.05) is 0 Å². The lowest BCUT2D eigenvalue weighted by Crippen LogP contribution is -2.49. The van der Waals surface area contributed by atoms with Crippen molar-refractivity contribution in [1.29, 1.82) is 0 Å². The number of nitrogens with one attached hydrogen (secondary N) is 1. The molecule has 110 valence electrons. The lowest BCUT2D eigenvalue weighted by atomic mass is 9.86. The molecule has 2 fully saturated rings. The molecular formula is C16H30N2O. The van der Waals surface area contributed by atoms with Crippen molar-refractivity contribution >= 4 is 5.91 Å². The van der Waals surface area contributed by atoms with E-state index >= 15 is 0 Å². The van der Waals surface area contributed by atoms with Gasteiger partial charge in [0.2, 0.25) is 5.91 Å². The SMILES string of the molecule is CCCC1NC(C(C)C)C(=O)N1C1CCCC1(C)C. The van der Waals surface area contributed by atoms with Crippen molar-refractivity contribution in [3.8, 4) is 0 Å². The molecule has 0 aromatic carbocycles. The smallest absolute Gasteiger partial charge is 0.241 e. The molecule has 1 N–H and O–H groups in total. The minimum atomic E-state index is 0.0212. The molecule has 1 saturated heterocycles. The van der Waals surface area contributed by atoms with Gasteiger partial charge < -0.3 is 4.90 Å². The van der Waals surface area contributed by atoms with E-state index in [9.17, 15) is 4.79 Å².